The predicted molar refractivity (Wildman–Crippen MR) is 67.5 cm³/mol. The molecule has 102 valence electrons. The van der Waals surface area contributed by atoms with Gasteiger partial charge in [0.25, 0.3) is 6.43 Å². The SMILES string of the molecule is CCCC1CN(CC(F)F)C(C(C)(C)C)CN1. The molecule has 17 heavy (non-hydrogen) atoms. The van der Waals surface area contributed by atoms with E-state index >= 15 is 0 Å². The first-order valence-corrected chi connectivity index (χ1v) is 6.60. The molecule has 0 bridgehead atoms. The second-order valence-corrected chi connectivity index (χ2v) is 6.12. The Balaban J connectivity index is 2.65. The molecule has 1 heterocycles. The van der Waals surface area contributed by atoms with E-state index in [1.165, 1.54) is 0 Å². The summed E-state index contributed by atoms with van der Waals surface area (Å²) < 4.78 is 25.3. The molecule has 0 aliphatic carbocycles. The summed E-state index contributed by atoms with van der Waals surface area (Å²) in [5.41, 5.74) is 0.0407. The lowest BCUT2D eigenvalue weighted by atomic mass is 9.83. The third-order valence-electron chi connectivity index (χ3n) is 3.50. The number of alkyl halides is 2. The molecule has 0 spiro atoms. The van der Waals surface area contributed by atoms with Gasteiger partial charge in [-0.1, -0.05) is 34.1 Å². The molecular weight excluding hydrogens is 222 g/mol. The molecule has 1 N–H and O–H groups in total. The van der Waals surface area contributed by atoms with E-state index in [4.69, 9.17) is 0 Å². The molecule has 2 nitrogen and oxygen atoms in total. The van der Waals surface area contributed by atoms with Crippen molar-refractivity contribution in [2.45, 2.75) is 59.0 Å². The van der Waals surface area contributed by atoms with Crippen LogP contribution in [-0.2, 0) is 0 Å². The molecular formula is C13H26F2N2. The number of nitrogens with zero attached hydrogens (tertiary/aromatic N) is 1. The van der Waals surface area contributed by atoms with Crippen LogP contribution < -0.4 is 5.32 Å². The second kappa shape index (κ2) is 6.10. The van der Waals surface area contributed by atoms with Crippen LogP contribution in [0.1, 0.15) is 40.5 Å². The van der Waals surface area contributed by atoms with Gasteiger partial charge in [0.15, 0.2) is 0 Å². The van der Waals surface area contributed by atoms with Crippen molar-refractivity contribution in [3.8, 4) is 0 Å². The number of halogens is 2. The molecule has 0 aromatic rings. The predicted octanol–water partition coefficient (Wildman–Crippen LogP) is 2.74. The first kappa shape index (κ1) is 14.8. The summed E-state index contributed by atoms with van der Waals surface area (Å²) in [6, 6.07) is 0.571. The lowest BCUT2D eigenvalue weighted by molar-refractivity contribution is 0.00452. The Morgan fingerprint density at radius 2 is 2.00 bits per heavy atom. The maximum atomic E-state index is 12.6. The highest BCUT2D eigenvalue weighted by atomic mass is 19.3. The largest absolute Gasteiger partial charge is 0.311 e. The van der Waals surface area contributed by atoms with Crippen molar-refractivity contribution < 1.29 is 8.78 Å². The molecule has 1 fully saturated rings. The number of hydrogen-bond donors (Lipinski definition) is 1. The van der Waals surface area contributed by atoms with Crippen molar-refractivity contribution in [1.29, 1.82) is 0 Å². The van der Waals surface area contributed by atoms with Gasteiger partial charge in [0.1, 0.15) is 0 Å². The maximum Gasteiger partial charge on any atom is 0.251 e. The molecule has 0 saturated carbocycles. The molecule has 0 amide bonds. The van der Waals surface area contributed by atoms with Crippen LogP contribution in [-0.4, -0.2) is 43.0 Å². The molecule has 4 heteroatoms. The van der Waals surface area contributed by atoms with Crippen LogP contribution in [0, 0.1) is 5.41 Å². The third-order valence-corrected chi connectivity index (χ3v) is 3.50. The highest BCUT2D eigenvalue weighted by Gasteiger charge is 2.36. The molecule has 0 aromatic carbocycles. The van der Waals surface area contributed by atoms with Crippen LogP contribution in [0.25, 0.3) is 0 Å². The normalized spacial score (nSPS) is 27.7. The molecule has 1 aliphatic rings. The van der Waals surface area contributed by atoms with Gasteiger partial charge in [-0.3, -0.25) is 4.90 Å². The summed E-state index contributed by atoms with van der Waals surface area (Å²) in [6.07, 6.45) is -0.0722. The van der Waals surface area contributed by atoms with Crippen molar-refractivity contribution in [2.75, 3.05) is 19.6 Å². The Labute approximate surface area is 104 Å². The van der Waals surface area contributed by atoms with Crippen LogP contribution in [0.2, 0.25) is 0 Å². The van der Waals surface area contributed by atoms with Gasteiger partial charge in [0.05, 0.1) is 6.54 Å². The van der Waals surface area contributed by atoms with E-state index in [9.17, 15) is 8.78 Å². The summed E-state index contributed by atoms with van der Waals surface area (Å²) in [5.74, 6) is 0. The fourth-order valence-corrected chi connectivity index (χ4v) is 2.66. The average Bonchev–Trinajstić information content (AvgIpc) is 2.15. The van der Waals surface area contributed by atoms with Gasteiger partial charge < -0.3 is 5.32 Å². The molecule has 0 aromatic heterocycles. The smallest absolute Gasteiger partial charge is 0.251 e. The third kappa shape index (κ3) is 4.51. The van der Waals surface area contributed by atoms with E-state index in [0.717, 1.165) is 25.9 Å². The van der Waals surface area contributed by atoms with E-state index in [0.29, 0.717) is 6.04 Å². The second-order valence-electron chi connectivity index (χ2n) is 6.12. The zero-order chi connectivity index (χ0) is 13.1. The van der Waals surface area contributed by atoms with Crippen LogP contribution in [0.4, 0.5) is 8.78 Å². The quantitative estimate of drug-likeness (QED) is 0.823. The first-order valence-electron chi connectivity index (χ1n) is 6.60. The number of rotatable bonds is 4. The molecule has 1 saturated heterocycles. The summed E-state index contributed by atoms with van der Waals surface area (Å²) >= 11 is 0. The van der Waals surface area contributed by atoms with Crippen molar-refractivity contribution in [2.24, 2.45) is 5.41 Å². The van der Waals surface area contributed by atoms with Crippen LogP contribution >= 0.6 is 0 Å². The number of nitrogens with one attached hydrogen (secondary N) is 1. The van der Waals surface area contributed by atoms with Crippen LogP contribution in [0.3, 0.4) is 0 Å². The summed E-state index contributed by atoms with van der Waals surface area (Å²) in [7, 11) is 0. The topological polar surface area (TPSA) is 15.3 Å². The van der Waals surface area contributed by atoms with E-state index < -0.39 is 6.43 Å². The van der Waals surface area contributed by atoms with Crippen LogP contribution in [0.5, 0.6) is 0 Å². The van der Waals surface area contributed by atoms with Crippen LogP contribution in [0.15, 0.2) is 0 Å². The zero-order valence-corrected chi connectivity index (χ0v) is 11.5. The van der Waals surface area contributed by atoms with E-state index in [1.807, 2.05) is 4.90 Å². The van der Waals surface area contributed by atoms with Crippen molar-refractivity contribution in [1.82, 2.24) is 10.2 Å². The van der Waals surface area contributed by atoms with Gasteiger partial charge in [-0.15, -0.1) is 0 Å². The highest BCUT2D eigenvalue weighted by molar-refractivity contribution is 4.92. The fourth-order valence-electron chi connectivity index (χ4n) is 2.66. The monoisotopic (exact) mass is 248 g/mol. The van der Waals surface area contributed by atoms with Crippen molar-refractivity contribution >= 4 is 0 Å². The minimum Gasteiger partial charge on any atom is -0.311 e. The van der Waals surface area contributed by atoms with Gasteiger partial charge in [-0.05, 0) is 11.8 Å². The van der Waals surface area contributed by atoms with Gasteiger partial charge >= 0.3 is 0 Å². The van der Waals surface area contributed by atoms with Crippen molar-refractivity contribution in [3.05, 3.63) is 0 Å². The fraction of sp³-hybridized carbons (Fsp3) is 1.00. The average molecular weight is 248 g/mol. The van der Waals surface area contributed by atoms with E-state index in [1.54, 1.807) is 0 Å². The standard InChI is InChI=1S/C13H26F2N2/c1-5-6-10-8-17(9-12(14)15)11(7-16-10)13(2,3)4/h10-12,16H,5-9H2,1-4H3. The Morgan fingerprint density at radius 3 is 2.47 bits per heavy atom. The summed E-state index contributed by atoms with van der Waals surface area (Å²) in [6.45, 7) is 9.98. The summed E-state index contributed by atoms with van der Waals surface area (Å²) in [4.78, 5) is 1.97. The minimum atomic E-state index is -2.24. The maximum absolute atomic E-state index is 12.6. The van der Waals surface area contributed by atoms with E-state index in [2.05, 4.69) is 33.0 Å². The first-order chi connectivity index (χ1) is 7.84. The zero-order valence-electron chi connectivity index (χ0n) is 11.5. The lowest BCUT2D eigenvalue weighted by Crippen LogP contribution is -2.61. The Hall–Kier alpha value is -0.220. The molecule has 1 rings (SSSR count). The Morgan fingerprint density at radius 1 is 1.35 bits per heavy atom. The lowest BCUT2D eigenvalue weighted by Gasteiger charge is -2.46. The Kier molecular flexibility index (Phi) is 5.32. The van der Waals surface area contributed by atoms with E-state index in [-0.39, 0.29) is 18.0 Å². The Bertz CT molecular complexity index is 226. The molecule has 2 atom stereocenters. The van der Waals surface area contributed by atoms with Crippen molar-refractivity contribution in [3.63, 3.8) is 0 Å². The van der Waals surface area contributed by atoms with Gasteiger partial charge in [0.2, 0.25) is 0 Å². The number of hydrogen-bond acceptors (Lipinski definition) is 2. The van der Waals surface area contributed by atoms with Gasteiger partial charge in [0, 0.05) is 25.2 Å². The highest BCUT2D eigenvalue weighted by Crippen LogP contribution is 2.27. The summed E-state index contributed by atoms with van der Waals surface area (Å²) in [5, 5.41) is 3.49. The minimum absolute atomic E-state index is 0.0407. The molecule has 2 unspecified atom stereocenters. The molecule has 0 radical (unpaired) electrons. The molecule has 1 aliphatic heterocycles. The van der Waals surface area contributed by atoms with Gasteiger partial charge in [-0.2, -0.15) is 0 Å². The van der Waals surface area contributed by atoms with Gasteiger partial charge in [-0.25, -0.2) is 8.78 Å². The number of piperazine rings is 1.